The Morgan fingerprint density at radius 1 is 1.57 bits per heavy atom. The summed E-state index contributed by atoms with van der Waals surface area (Å²) in [5.41, 5.74) is 5.37. The molecule has 0 saturated carbocycles. The minimum Gasteiger partial charge on any atom is -0.341 e. The van der Waals surface area contributed by atoms with E-state index in [1.54, 1.807) is 0 Å². The second-order valence-corrected chi connectivity index (χ2v) is 4.14. The van der Waals surface area contributed by atoms with Gasteiger partial charge in [0, 0.05) is 32.1 Å². The van der Waals surface area contributed by atoms with E-state index in [2.05, 4.69) is 19.0 Å². The topological polar surface area (TPSA) is 49.6 Å². The minimum atomic E-state index is 0.207. The Hall–Kier alpha value is -0.610. The number of hydrogen-bond donors (Lipinski definition) is 1. The Morgan fingerprint density at radius 3 is 2.86 bits per heavy atom. The average Bonchev–Trinajstić information content (AvgIpc) is 2.18. The minimum absolute atomic E-state index is 0.207. The number of nitrogens with two attached hydrogens (primary N) is 1. The molecule has 1 amide bonds. The van der Waals surface area contributed by atoms with Crippen molar-refractivity contribution in [2.45, 2.75) is 25.3 Å². The normalized spacial score (nSPS) is 22.9. The quantitative estimate of drug-likeness (QED) is 0.690. The van der Waals surface area contributed by atoms with Crippen LogP contribution in [0, 0.1) is 0 Å². The number of likely N-dealkylation sites (N-methyl/N-ethyl adjacent to an activating group) is 1. The smallest absolute Gasteiger partial charge is 0.223 e. The van der Waals surface area contributed by atoms with E-state index in [9.17, 15) is 4.79 Å². The van der Waals surface area contributed by atoms with Gasteiger partial charge in [0.15, 0.2) is 0 Å². The van der Waals surface area contributed by atoms with Crippen LogP contribution in [0.3, 0.4) is 0 Å². The zero-order valence-corrected chi connectivity index (χ0v) is 9.20. The molecule has 2 N–H and O–H groups in total. The van der Waals surface area contributed by atoms with Crippen LogP contribution in [0.2, 0.25) is 0 Å². The molecule has 1 atom stereocenters. The summed E-state index contributed by atoms with van der Waals surface area (Å²) in [7, 11) is 4.14. The van der Waals surface area contributed by atoms with Crippen molar-refractivity contribution in [2.75, 3.05) is 33.7 Å². The third kappa shape index (κ3) is 2.96. The molecule has 4 heteroatoms. The van der Waals surface area contributed by atoms with Gasteiger partial charge in [0.05, 0.1) is 0 Å². The van der Waals surface area contributed by atoms with Crippen LogP contribution >= 0.6 is 0 Å². The molecule has 0 aromatic heterocycles. The van der Waals surface area contributed by atoms with Crippen LogP contribution < -0.4 is 5.73 Å². The molecule has 0 aliphatic carbocycles. The Labute approximate surface area is 86.0 Å². The Balaban J connectivity index is 2.43. The molecule has 82 valence electrons. The monoisotopic (exact) mass is 199 g/mol. The Bertz CT molecular complexity index is 194. The third-order valence-electron chi connectivity index (χ3n) is 2.84. The molecule has 1 heterocycles. The highest BCUT2D eigenvalue weighted by Gasteiger charge is 2.23. The second-order valence-electron chi connectivity index (χ2n) is 4.14. The van der Waals surface area contributed by atoms with E-state index in [1.807, 2.05) is 4.90 Å². The number of piperidine rings is 1. The number of hydrogen-bond acceptors (Lipinski definition) is 3. The van der Waals surface area contributed by atoms with Gasteiger partial charge in [0.2, 0.25) is 5.91 Å². The van der Waals surface area contributed by atoms with Crippen molar-refractivity contribution in [3.63, 3.8) is 0 Å². The maximum Gasteiger partial charge on any atom is 0.223 e. The SMILES string of the molecule is CN(C)C1CCCN(C(=O)CCN)C1. The predicted octanol–water partition coefficient (Wildman–Crippen LogP) is -0.112. The van der Waals surface area contributed by atoms with Crippen LogP contribution in [0.15, 0.2) is 0 Å². The molecule has 0 spiro atoms. The van der Waals surface area contributed by atoms with Gasteiger partial charge in [-0.05, 0) is 26.9 Å². The van der Waals surface area contributed by atoms with Crippen LogP contribution in [0.4, 0.5) is 0 Å². The van der Waals surface area contributed by atoms with E-state index >= 15 is 0 Å². The largest absolute Gasteiger partial charge is 0.341 e. The summed E-state index contributed by atoms with van der Waals surface area (Å²) in [6.45, 7) is 2.23. The van der Waals surface area contributed by atoms with Gasteiger partial charge in [-0.1, -0.05) is 0 Å². The zero-order valence-electron chi connectivity index (χ0n) is 9.20. The number of amides is 1. The molecule has 0 aromatic carbocycles. The molecule has 14 heavy (non-hydrogen) atoms. The van der Waals surface area contributed by atoms with Gasteiger partial charge in [0.25, 0.3) is 0 Å². The first-order valence-electron chi connectivity index (χ1n) is 5.29. The van der Waals surface area contributed by atoms with Gasteiger partial charge < -0.3 is 15.5 Å². The van der Waals surface area contributed by atoms with E-state index in [0.29, 0.717) is 19.0 Å². The lowest BCUT2D eigenvalue weighted by molar-refractivity contribution is -0.132. The first-order chi connectivity index (χ1) is 6.65. The van der Waals surface area contributed by atoms with Crippen LogP contribution in [-0.2, 0) is 4.79 Å². The fraction of sp³-hybridized carbons (Fsp3) is 0.900. The van der Waals surface area contributed by atoms with Gasteiger partial charge in [0.1, 0.15) is 0 Å². The van der Waals surface area contributed by atoms with E-state index in [1.165, 1.54) is 6.42 Å². The second kappa shape index (κ2) is 5.32. The van der Waals surface area contributed by atoms with Crippen LogP contribution in [0.5, 0.6) is 0 Å². The standard InChI is InChI=1S/C10H21N3O/c1-12(2)9-4-3-7-13(8-9)10(14)5-6-11/h9H,3-8,11H2,1-2H3. The van der Waals surface area contributed by atoms with Crippen molar-refractivity contribution in [2.24, 2.45) is 5.73 Å². The third-order valence-corrected chi connectivity index (χ3v) is 2.84. The molecule has 0 bridgehead atoms. The molecule has 0 aromatic rings. The van der Waals surface area contributed by atoms with E-state index in [4.69, 9.17) is 5.73 Å². The van der Waals surface area contributed by atoms with Crippen molar-refractivity contribution in [3.8, 4) is 0 Å². The summed E-state index contributed by atoms with van der Waals surface area (Å²) in [6.07, 6.45) is 2.79. The lowest BCUT2D eigenvalue weighted by atomic mass is 10.0. The summed E-state index contributed by atoms with van der Waals surface area (Å²) >= 11 is 0. The molecule has 1 aliphatic heterocycles. The zero-order chi connectivity index (χ0) is 10.6. The van der Waals surface area contributed by atoms with Crippen molar-refractivity contribution < 1.29 is 4.79 Å². The number of nitrogens with zero attached hydrogens (tertiary/aromatic N) is 2. The van der Waals surface area contributed by atoms with Crippen molar-refractivity contribution in [1.29, 1.82) is 0 Å². The molecular formula is C10H21N3O. The highest BCUT2D eigenvalue weighted by Crippen LogP contribution is 2.14. The summed E-state index contributed by atoms with van der Waals surface area (Å²) in [5, 5.41) is 0. The number of carbonyl (C=O) groups excluding carboxylic acids is 1. The number of carbonyl (C=O) groups is 1. The molecule has 4 nitrogen and oxygen atoms in total. The average molecular weight is 199 g/mol. The van der Waals surface area contributed by atoms with Gasteiger partial charge in [-0.3, -0.25) is 4.79 Å². The molecule has 1 saturated heterocycles. The number of rotatable bonds is 3. The van der Waals surface area contributed by atoms with Gasteiger partial charge >= 0.3 is 0 Å². The number of likely N-dealkylation sites (tertiary alicyclic amines) is 1. The fourth-order valence-electron chi connectivity index (χ4n) is 1.88. The van der Waals surface area contributed by atoms with Crippen molar-refractivity contribution >= 4 is 5.91 Å². The first-order valence-corrected chi connectivity index (χ1v) is 5.29. The van der Waals surface area contributed by atoms with E-state index in [0.717, 1.165) is 19.5 Å². The molecule has 1 aliphatic rings. The summed E-state index contributed by atoms with van der Waals surface area (Å²) in [5.74, 6) is 0.207. The van der Waals surface area contributed by atoms with Crippen molar-refractivity contribution in [1.82, 2.24) is 9.80 Å². The first kappa shape index (κ1) is 11.5. The van der Waals surface area contributed by atoms with Gasteiger partial charge in [-0.15, -0.1) is 0 Å². The van der Waals surface area contributed by atoms with Crippen LogP contribution in [0.1, 0.15) is 19.3 Å². The van der Waals surface area contributed by atoms with Gasteiger partial charge in [-0.25, -0.2) is 0 Å². The van der Waals surface area contributed by atoms with Gasteiger partial charge in [-0.2, -0.15) is 0 Å². The summed E-state index contributed by atoms with van der Waals surface area (Å²) in [6, 6.07) is 0.519. The van der Waals surface area contributed by atoms with Crippen molar-refractivity contribution in [3.05, 3.63) is 0 Å². The summed E-state index contributed by atoms with van der Waals surface area (Å²) < 4.78 is 0. The van der Waals surface area contributed by atoms with E-state index in [-0.39, 0.29) is 5.91 Å². The molecular weight excluding hydrogens is 178 g/mol. The van der Waals surface area contributed by atoms with E-state index < -0.39 is 0 Å². The van der Waals surface area contributed by atoms with Crippen LogP contribution in [-0.4, -0.2) is 55.5 Å². The molecule has 0 radical (unpaired) electrons. The maximum absolute atomic E-state index is 11.6. The molecule has 1 fully saturated rings. The Kier molecular flexibility index (Phi) is 4.35. The lowest BCUT2D eigenvalue weighted by Gasteiger charge is -2.36. The Morgan fingerprint density at radius 2 is 2.29 bits per heavy atom. The molecule has 1 unspecified atom stereocenters. The fourth-order valence-corrected chi connectivity index (χ4v) is 1.88. The molecule has 1 rings (SSSR count). The maximum atomic E-state index is 11.6. The summed E-state index contributed by atoms with van der Waals surface area (Å²) in [4.78, 5) is 15.7. The predicted molar refractivity (Wildman–Crippen MR) is 57.0 cm³/mol. The lowest BCUT2D eigenvalue weighted by Crippen LogP contribution is -2.47. The highest BCUT2D eigenvalue weighted by molar-refractivity contribution is 5.76. The highest BCUT2D eigenvalue weighted by atomic mass is 16.2. The van der Waals surface area contributed by atoms with Crippen LogP contribution in [0.25, 0.3) is 0 Å².